The van der Waals surface area contributed by atoms with Crippen LogP contribution < -0.4 is 14.8 Å². The van der Waals surface area contributed by atoms with E-state index in [1.807, 2.05) is 12.1 Å². The molecule has 1 fully saturated rings. The second kappa shape index (κ2) is 4.96. The zero-order chi connectivity index (χ0) is 11.5. The molecule has 0 bridgehead atoms. The topological polar surface area (TPSA) is 30.5 Å². The summed E-state index contributed by atoms with van der Waals surface area (Å²) in [7, 11) is 0. The van der Waals surface area contributed by atoms with Crippen molar-refractivity contribution < 1.29 is 9.47 Å². The summed E-state index contributed by atoms with van der Waals surface area (Å²) in [6.45, 7) is 2.99. The molecule has 2 aliphatic rings. The van der Waals surface area contributed by atoms with Crippen molar-refractivity contribution in [2.24, 2.45) is 0 Å². The molecule has 0 amide bonds. The van der Waals surface area contributed by atoms with E-state index in [-0.39, 0.29) is 0 Å². The maximum Gasteiger partial charge on any atom is 0.122 e. The largest absolute Gasteiger partial charge is 0.493 e. The Morgan fingerprint density at radius 3 is 3.00 bits per heavy atom. The van der Waals surface area contributed by atoms with Gasteiger partial charge in [-0.3, -0.25) is 0 Å². The predicted octanol–water partition coefficient (Wildman–Crippen LogP) is 2.14. The van der Waals surface area contributed by atoms with Gasteiger partial charge < -0.3 is 14.8 Å². The minimum atomic E-state index is 0.374. The zero-order valence-electron chi connectivity index (χ0n) is 10.1. The van der Waals surface area contributed by atoms with Crippen LogP contribution in [0, 0.1) is 0 Å². The molecule has 3 heteroatoms. The van der Waals surface area contributed by atoms with Crippen molar-refractivity contribution in [2.45, 2.75) is 31.8 Å². The van der Waals surface area contributed by atoms with Gasteiger partial charge in [0.05, 0.1) is 6.61 Å². The van der Waals surface area contributed by atoms with Gasteiger partial charge in [0.2, 0.25) is 0 Å². The molecule has 1 aromatic carbocycles. The van der Waals surface area contributed by atoms with Gasteiger partial charge in [0.25, 0.3) is 0 Å². The molecule has 0 aromatic heterocycles. The third kappa shape index (κ3) is 2.55. The van der Waals surface area contributed by atoms with Crippen LogP contribution >= 0.6 is 0 Å². The van der Waals surface area contributed by atoms with Crippen LogP contribution in [0.15, 0.2) is 18.2 Å². The van der Waals surface area contributed by atoms with Crippen molar-refractivity contribution in [3.8, 4) is 11.5 Å². The van der Waals surface area contributed by atoms with Gasteiger partial charge in [0.1, 0.15) is 17.6 Å². The maximum absolute atomic E-state index is 6.03. The lowest BCUT2D eigenvalue weighted by atomic mass is 10.1. The Hall–Kier alpha value is -1.22. The van der Waals surface area contributed by atoms with Crippen molar-refractivity contribution in [1.82, 2.24) is 5.32 Å². The first-order valence-electron chi connectivity index (χ1n) is 6.55. The number of rotatable bonds is 2. The van der Waals surface area contributed by atoms with E-state index < -0.39 is 0 Å². The van der Waals surface area contributed by atoms with Gasteiger partial charge in [-0.2, -0.15) is 0 Å². The minimum absolute atomic E-state index is 0.374. The molecular formula is C14H19NO2. The number of piperidine rings is 1. The molecule has 1 N–H and O–H groups in total. The molecule has 0 atom stereocenters. The molecule has 0 spiro atoms. The van der Waals surface area contributed by atoms with Gasteiger partial charge in [-0.05, 0) is 62.5 Å². The predicted molar refractivity (Wildman–Crippen MR) is 66.8 cm³/mol. The van der Waals surface area contributed by atoms with Crippen LogP contribution in [0.25, 0.3) is 0 Å². The Kier molecular flexibility index (Phi) is 3.18. The van der Waals surface area contributed by atoms with Crippen LogP contribution in [0.5, 0.6) is 11.5 Å². The molecule has 17 heavy (non-hydrogen) atoms. The van der Waals surface area contributed by atoms with Crippen LogP contribution in [-0.4, -0.2) is 25.8 Å². The monoisotopic (exact) mass is 233 g/mol. The number of nitrogens with one attached hydrogen (secondary N) is 1. The molecule has 3 rings (SSSR count). The van der Waals surface area contributed by atoms with E-state index >= 15 is 0 Å². The first-order valence-corrected chi connectivity index (χ1v) is 6.55. The number of aryl methyl sites for hydroxylation is 1. The molecule has 0 aliphatic carbocycles. The quantitative estimate of drug-likeness (QED) is 0.849. The fourth-order valence-corrected chi connectivity index (χ4v) is 2.52. The molecule has 2 heterocycles. The highest BCUT2D eigenvalue weighted by molar-refractivity contribution is 5.41. The molecule has 0 radical (unpaired) electrons. The van der Waals surface area contributed by atoms with Gasteiger partial charge in [-0.1, -0.05) is 0 Å². The Morgan fingerprint density at radius 2 is 2.12 bits per heavy atom. The molecule has 3 nitrogen and oxygen atoms in total. The van der Waals surface area contributed by atoms with Gasteiger partial charge in [0.15, 0.2) is 0 Å². The number of hydrogen-bond donors (Lipinski definition) is 1. The van der Waals surface area contributed by atoms with Crippen LogP contribution in [0.3, 0.4) is 0 Å². The first-order chi connectivity index (χ1) is 8.42. The third-order valence-electron chi connectivity index (χ3n) is 3.47. The van der Waals surface area contributed by atoms with Crippen molar-refractivity contribution in [1.29, 1.82) is 0 Å². The van der Waals surface area contributed by atoms with Crippen LogP contribution in [0.1, 0.15) is 24.8 Å². The summed E-state index contributed by atoms with van der Waals surface area (Å²) in [6.07, 6.45) is 4.81. The van der Waals surface area contributed by atoms with Crippen LogP contribution in [0.4, 0.5) is 0 Å². The van der Waals surface area contributed by atoms with E-state index in [1.165, 1.54) is 5.56 Å². The second-order valence-corrected chi connectivity index (χ2v) is 4.79. The summed E-state index contributed by atoms with van der Waals surface area (Å²) in [4.78, 5) is 0. The van der Waals surface area contributed by atoms with Crippen LogP contribution in [0.2, 0.25) is 0 Å². The highest BCUT2D eigenvalue weighted by atomic mass is 16.5. The molecule has 0 saturated carbocycles. The van der Waals surface area contributed by atoms with Gasteiger partial charge >= 0.3 is 0 Å². The molecule has 0 unspecified atom stereocenters. The standard InChI is InChI=1S/C14H19NO2/c1-2-11-10-13(3-4-14(11)16-9-1)17-12-5-7-15-8-6-12/h3-4,10,12,15H,1-2,5-9H2. The van der Waals surface area contributed by atoms with Crippen LogP contribution in [-0.2, 0) is 6.42 Å². The normalized spacial score (nSPS) is 20.5. The van der Waals surface area contributed by atoms with Crippen molar-refractivity contribution in [3.05, 3.63) is 23.8 Å². The minimum Gasteiger partial charge on any atom is -0.493 e. The lowest BCUT2D eigenvalue weighted by molar-refractivity contribution is 0.162. The lowest BCUT2D eigenvalue weighted by Crippen LogP contribution is -2.34. The Balaban J connectivity index is 1.70. The van der Waals surface area contributed by atoms with E-state index in [4.69, 9.17) is 9.47 Å². The van der Waals surface area contributed by atoms with E-state index in [1.54, 1.807) is 0 Å². The van der Waals surface area contributed by atoms with E-state index in [9.17, 15) is 0 Å². The average molecular weight is 233 g/mol. The van der Waals surface area contributed by atoms with E-state index in [2.05, 4.69) is 11.4 Å². The van der Waals surface area contributed by atoms with Gasteiger partial charge in [-0.15, -0.1) is 0 Å². The lowest BCUT2D eigenvalue weighted by Gasteiger charge is -2.25. The number of ether oxygens (including phenoxy) is 2. The number of fused-ring (bicyclic) bond motifs is 1. The molecule has 1 aromatic rings. The fraction of sp³-hybridized carbons (Fsp3) is 0.571. The Bertz CT molecular complexity index is 386. The smallest absolute Gasteiger partial charge is 0.122 e. The molecule has 1 saturated heterocycles. The summed E-state index contributed by atoms with van der Waals surface area (Å²) < 4.78 is 11.6. The maximum atomic E-state index is 6.03. The third-order valence-corrected chi connectivity index (χ3v) is 3.47. The summed E-state index contributed by atoms with van der Waals surface area (Å²) in [5, 5.41) is 3.35. The van der Waals surface area contributed by atoms with Crippen molar-refractivity contribution in [2.75, 3.05) is 19.7 Å². The van der Waals surface area contributed by atoms with Gasteiger partial charge in [0, 0.05) is 0 Å². The first kappa shape index (κ1) is 10.9. The number of benzene rings is 1. The summed E-state index contributed by atoms with van der Waals surface area (Å²) in [5.74, 6) is 2.04. The SMILES string of the molecule is c1cc2c(cc1OC1CCNCC1)CCCO2. The van der Waals surface area contributed by atoms with Crippen molar-refractivity contribution in [3.63, 3.8) is 0 Å². The van der Waals surface area contributed by atoms with E-state index in [0.717, 1.165) is 56.9 Å². The molecule has 92 valence electrons. The highest BCUT2D eigenvalue weighted by Crippen LogP contribution is 2.29. The second-order valence-electron chi connectivity index (χ2n) is 4.79. The molecular weight excluding hydrogens is 214 g/mol. The summed E-state index contributed by atoms with van der Waals surface area (Å²) in [5.41, 5.74) is 1.29. The number of hydrogen-bond acceptors (Lipinski definition) is 3. The Labute approximate surface area is 102 Å². The zero-order valence-corrected chi connectivity index (χ0v) is 10.1. The molecule has 2 aliphatic heterocycles. The van der Waals surface area contributed by atoms with Gasteiger partial charge in [-0.25, -0.2) is 0 Å². The summed E-state index contributed by atoms with van der Waals surface area (Å²) >= 11 is 0. The Morgan fingerprint density at radius 1 is 1.24 bits per heavy atom. The average Bonchev–Trinajstić information content (AvgIpc) is 2.40. The fourth-order valence-electron chi connectivity index (χ4n) is 2.52. The van der Waals surface area contributed by atoms with E-state index in [0.29, 0.717) is 6.10 Å². The summed E-state index contributed by atoms with van der Waals surface area (Å²) in [6, 6.07) is 6.23. The van der Waals surface area contributed by atoms with Crippen molar-refractivity contribution >= 4 is 0 Å². The highest BCUT2D eigenvalue weighted by Gasteiger charge is 2.16.